The van der Waals surface area contributed by atoms with Crippen LogP contribution in [0.15, 0.2) is 62.8 Å². The lowest BCUT2D eigenvalue weighted by Gasteiger charge is -2.02. The maximum atomic E-state index is 12.2. The Bertz CT molecular complexity index is 1080. The largest absolute Gasteiger partial charge is 0.436 e. The average Bonchev–Trinajstić information content (AvgIpc) is 3.26. The van der Waals surface area contributed by atoms with E-state index in [2.05, 4.69) is 48.8 Å². The number of nitrogens with one attached hydrogen (secondary N) is 1. The summed E-state index contributed by atoms with van der Waals surface area (Å²) in [5.74, 6) is 0.417. The molecule has 1 amide bonds. The van der Waals surface area contributed by atoms with Gasteiger partial charge < -0.3 is 9.73 Å². The lowest BCUT2D eigenvalue weighted by molar-refractivity contribution is 0.103. The SMILES string of the molecule is O=C(Nc1ccc2oc(-c3cc(I)ccc3Br)nc2c1)c1cccs1. The van der Waals surface area contributed by atoms with E-state index in [0.29, 0.717) is 27.6 Å². The Balaban J connectivity index is 1.68. The number of aromatic nitrogens is 1. The number of carbonyl (C=O) groups excluding carboxylic acids is 1. The molecule has 0 radical (unpaired) electrons. The molecule has 0 saturated heterocycles. The molecule has 0 aliphatic rings. The number of benzene rings is 2. The topological polar surface area (TPSA) is 55.1 Å². The van der Waals surface area contributed by atoms with E-state index in [1.165, 1.54) is 11.3 Å². The van der Waals surface area contributed by atoms with Crippen LogP contribution in [0.1, 0.15) is 9.67 Å². The van der Waals surface area contributed by atoms with Crippen molar-refractivity contribution in [1.29, 1.82) is 0 Å². The Morgan fingerprint density at radius 3 is 2.88 bits per heavy atom. The number of hydrogen-bond donors (Lipinski definition) is 1. The first-order chi connectivity index (χ1) is 12.1. The van der Waals surface area contributed by atoms with Crippen LogP contribution in [0.2, 0.25) is 0 Å². The summed E-state index contributed by atoms with van der Waals surface area (Å²) in [5.41, 5.74) is 2.96. The van der Waals surface area contributed by atoms with Crippen molar-refractivity contribution in [2.75, 3.05) is 5.32 Å². The summed E-state index contributed by atoms with van der Waals surface area (Å²) in [6.07, 6.45) is 0. The molecule has 0 saturated carbocycles. The number of carbonyl (C=O) groups is 1. The van der Waals surface area contributed by atoms with Crippen molar-refractivity contribution in [2.24, 2.45) is 0 Å². The van der Waals surface area contributed by atoms with Gasteiger partial charge >= 0.3 is 0 Å². The third-order valence-corrected chi connectivity index (χ3v) is 5.78. The minimum atomic E-state index is -0.126. The summed E-state index contributed by atoms with van der Waals surface area (Å²) in [6, 6.07) is 15.1. The number of hydrogen-bond acceptors (Lipinski definition) is 4. The smallest absolute Gasteiger partial charge is 0.265 e. The van der Waals surface area contributed by atoms with Crippen LogP contribution >= 0.6 is 49.9 Å². The maximum absolute atomic E-state index is 12.2. The van der Waals surface area contributed by atoms with Gasteiger partial charge in [0.15, 0.2) is 5.58 Å². The van der Waals surface area contributed by atoms with E-state index in [9.17, 15) is 4.79 Å². The molecule has 0 aliphatic carbocycles. The fraction of sp³-hybridized carbons (Fsp3) is 0. The van der Waals surface area contributed by atoms with Gasteiger partial charge in [-0.05, 0) is 86.4 Å². The predicted octanol–water partition coefficient (Wildman–Crippen LogP) is 6.18. The summed E-state index contributed by atoms with van der Waals surface area (Å²) < 4.78 is 7.89. The third-order valence-electron chi connectivity index (χ3n) is 3.55. The van der Waals surface area contributed by atoms with Crippen molar-refractivity contribution < 1.29 is 9.21 Å². The van der Waals surface area contributed by atoms with E-state index < -0.39 is 0 Å². The Hall–Kier alpha value is -1.71. The van der Waals surface area contributed by atoms with E-state index in [1.807, 2.05) is 47.8 Å². The van der Waals surface area contributed by atoms with Gasteiger partial charge in [0.1, 0.15) is 5.52 Å². The van der Waals surface area contributed by atoms with E-state index in [1.54, 1.807) is 6.07 Å². The Morgan fingerprint density at radius 2 is 2.08 bits per heavy atom. The van der Waals surface area contributed by atoms with Crippen LogP contribution in [-0.2, 0) is 0 Å². The van der Waals surface area contributed by atoms with Crippen LogP contribution in [0.5, 0.6) is 0 Å². The van der Waals surface area contributed by atoms with Gasteiger partial charge in [-0.3, -0.25) is 4.79 Å². The van der Waals surface area contributed by atoms with Crippen molar-refractivity contribution in [1.82, 2.24) is 4.98 Å². The number of thiophene rings is 1. The van der Waals surface area contributed by atoms with Gasteiger partial charge in [0.25, 0.3) is 5.91 Å². The Morgan fingerprint density at radius 1 is 1.20 bits per heavy atom. The van der Waals surface area contributed by atoms with Gasteiger partial charge in [0, 0.05) is 13.7 Å². The zero-order valence-corrected chi connectivity index (χ0v) is 17.2. The zero-order chi connectivity index (χ0) is 17.4. The summed E-state index contributed by atoms with van der Waals surface area (Å²) >= 11 is 7.19. The second-order valence-corrected chi connectivity index (χ2v) is 8.30. The predicted molar refractivity (Wildman–Crippen MR) is 112 cm³/mol. The molecule has 2 aromatic carbocycles. The molecule has 0 aliphatic heterocycles. The Labute approximate surface area is 169 Å². The summed E-state index contributed by atoms with van der Waals surface area (Å²) in [7, 11) is 0. The maximum Gasteiger partial charge on any atom is 0.265 e. The lowest BCUT2D eigenvalue weighted by Crippen LogP contribution is -2.09. The molecule has 0 atom stereocenters. The first kappa shape index (κ1) is 16.7. The molecule has 0 bridgehead atoms. The fourth-order valence-electron chi connectivity index (χ4n) is 2.38. The molecular weight excluding hydrogens is 515 g/mol. The molecule has 4 aromatic rings. The van der Waals surface area contributed by atoms with Crippen LogP contribution in [0.25, 0.3) is 22.6 Å². The number of halogens is 2. The fourth-order valence-corrected chi connectivity index (χ4v) is 3.91. The number of rotatable bonds is 3. The van der Waals surface area contributed by atoms with Crippen LogP contribution < -0.4 is 5.32 Å². The zero-order valence-electron chi connectivity index (χ0n) is 12.6. The molecule has 2 aromatic heterocycles. The monoisotopic (exact) mass is 524 g/mol. The number of oxazole rings is 1. The first-order valence-electron chi connectivity index (χ1n) is 7.31. The van der Waals surface area contributed by atoms with Crippen LogP contribution in [-0.4, -0.2) is 10.9 Å². The second kappa shape index (κ2) is 6.89. The molecular formula is C18H10BrIN2O2S. The van der Waals surface area contributed by atoms with E-state index >= 15 is 0 Å². The highest BCUT2D eigenvalue weighted by atomic mass is 127. The number of nitrogens with zero attached hydrogens (tertiary/aromatic N) is 1. The lowest BCUT2D eigenvalue weighted by atomic mass is 10.2. The van der Waals surface area contributed by atoms with Crippen LogP contribution in [0.3, 0.4) is 0 Å². The van der Waals surface area contributed by atoms with Gasteiger partial charge in [-0.1, -0.05) is 6.07 Å². The van der Waals surface area contributed by atoms with E-state index in [4.69, 9.17) is 4.42 Å². The van der Waals surface area contributed by atoms with Crippen LogP contribution in [0, 0.1) is 3.57 Å². The van der Waals surface area contributed by atoms with Crippen molar-refractivity contribution in [3.8, 4) is 11.5 Å². The molecule has 0 fully saturated rings. The molecule has 2 heterocycles. The van der Waals surface area contributed by atoms with Crippen molar-refractivity contribution in [3.63, 3.8) is 0 Å². The van der Waals surface area contributed by atoms with E-state index in [0.717, 1.165) is 13.6 Å². The summed E-state index contributed by atoms with van der Waals surface area (Å²) in [4.78, 5) is 17.4. The summed E-state index contributed by atoms with van der Waals surface area (Å²) in [6.45, 7) is 0. The quantitative estimate of drug-likeness (QED) is 0.326. The van der Waals surface area contributed by atoms with Gasteiger partial charge in [0.05, 0.1) is 10.4 Å². The standard InChI is InChI=1S/C18H10BrIN2O2S/c19-13-5-3-10(20)8-12(13)18-22-14-9-11(4-6-15(14)24-18)21-17(23)16-2-1-7-25-16/h1-9H,(H,21,23). The summed E-state index contributed by atoms with van der Waals surface area (Å²) in [5, 5.41) is 4.76. The highest BCUT2D eigenvalue weighted by Gasteiger charge is 2.13. The molecule has 0 unspecified atom stereocenters. The van der Waals surface area contributed by atoms with Gasteiger partial charge in [-0.2, -0.15) is 0 Å². The Kier molecular flexibility index (Phi) is 4.61. The second-order valence-electron chi connectivity index (χ2n) is 5.26. The molecule has 124 valence electrons. The number of fused-ring (bicyclic) bond motifs is 1. The van der Waals surface area contributed by atoms with Crippen molar-refractivity contribution >= 4 is 72.6 Å². The molecule has 7 heteroatoms. The molecule has 4 nitrogen and oxygen atoms in total. The van der Waals surface area contributed by atoms with Gasteiger partial charge in [0.2, 0.25) is 5.89 Å². The third kappa shape index (κ3) is 3.49. The number of amides is 1. The van der Waals surface area contributed by atoms with Gasteiger partial charge in [-0.25, -0.2) is 4.98 Å². The highest BCUT2D eigenvalue weighted by molar-refractivity contribution is 14.1. The minimum absolute atomic E-state index is 0.126. The van der Waals surface area contributed by atoms with E-state index in [-0.39, 0.29) is 5.91 Å². The van der Waals surface area contributed by atoms with Crippen LogP contribution in [0.4, 0.5) is 5.69 Å². The van der Waals surface area contributed by atoms with Gasteiger partial charge in [-0.15, -0.1) is 11.3 Å². The highest BCUT2D eigenvalue weighted by Crippen LogP contribution is 2.32. The normalized spacial score (nSPS) is 11.0. The van der Waals surface area contributed by atoms with Crippen molar-refractivity contribution in [2.45, 2.75) is 0 Å². The molecule has 1 N–H and O–H groups in total. The average molecular weight is 525 g/mol. The molecule has 0 spiro atoms. The minimum Gasteiger partial charge on any atom is -0.436 e. The molecule has 25 heavy (non-hydrogen) atoms. The van der Waals surface area contributed by atoms with Crippen molar-refractivity contribution in [3.05, 3.63) is 66.8 Å². The number of anilines is 1. The first-order valence-corrected chi connectivity index (χ1v) is 10.1. The molecule has 4 rings (SSSR count).